The molecule has 0 aliphatic rings. The Bertz CT molecular complexity index is 991. The van der Waals surface area contributed by atoms with Crippen molar-refractivity contribution < 1.29 is 14.3 Å². The molecule has 0 bridgehead atoms. The Hall–Kier alpha value is -3.19. The number of fused-ring (bicyclic) bond motifs is 1. The number of carbonyl (C=O) groups excluding carboxylic acids is 2. The summed E-state index contributed by atoms with van der Waals surface area (Å²) in [6.07, 6.45) is 3.71. The van der Waals surface area contributed by atoms with Gasteiger partial charge in [-0.25, -0.2) is 9.78 Å². The summed E-state index contributed by atoms with van der Waals surface area (Å²) >= 11 is 0. The van der Waals surface area contributed by atoms with Crippen LogP contribution in [0.5, 0.6) is 0 Å². The fourth-order valence-corrected chi connectivity index (χ4v) is 3.03. The molecule has 7 nitrogen and oxygen atoms in total. The summed E-state index contributed by atoms with van der Waals surface area (Å²) in [6, 6.07) is 10.2. The predicted molar refractivity (Wildman–Crippen MR) is 112 cm³/mol. The quantitative estimate of drug-likeness (QED) is 0.593. The lowest BCUT2D eigenvalue weighted by Gasteiger charge is -2.17. The van der Waals surface area contributed by atoms with Gasteiger partial charge in [-0.15, -0.1) is 0 Å². The number of hydrogen-bond acceptors (Lipinski definition) is 5. The molecule has 0 radical (unpaired) electrons. The van der Waals surface area contributed by atoms with Crippen LogP contribution in [-0.4, -0.2) is 52.4 Å². The van der Waals surface area contributed by atoms with Crippen molar-refractivity contribution in [1.29, 1.82) is 0 Å². The molecule has 0 fully saturated rings. The van der Waals surface area contributed by atoms with Crippen molar-refractivity contribution in [1.82, 2.24) is 14.3 Å². The van der Waals surface area contributed by atoms with Crippen molar-refractivity contribution >= 4 is 23.2 Å². The van der Waals surface area contributed by atoms with E-state index in [4.69, 9.17) is 4.74 Å². The van der Waals surface area contributed by atoms with E-state index in [1.54, 1.807) is 36.4 Å². The first-order chi connectivity index (χ1) is 14.0. The Balaban J connectivity index is 1.57. The van der Waals surface area contributed by atoms with E-state index in [-0.39, 0.29) is 11.9 Å². The minimum Gasteiger partial charge on any atom is -0.461 e. The van der Waals surface area contributed by atoms with E-state index in [0.717, 1.165) is 24.4 Å². The topological polar surface area (TPSA) is 75.9 Å². The molecular formula is C22H26N4O3. The Labute approximate surface area is 170 Å². The highest BCUT2D eigenvalue weighted by molar-refractivity contribution is 6.05. The van der Waals surface area contributed by atoms with Gasteiger partial charge in [0.15, 0.2) is 0 Å². The highest BCUT2D eigenvalue weighted by Gasteiger charge is 2.11. The van der Waals surface area contributed by atoms with Crippen LogP contribution >= 0.6 is 0 Å². The zero-order chi connectivity index (χ0) is 20.8. The zero-order valence-electron chi connectivity index (χ0n) is 17.0. The van der Waals surface area contributed by atoms with Gasteiger partial charge in [-0.1, -0.05) is 13.8 Å². The normalized spacial score (nSPS) is 11.0. The third-order valence-corrected chi connectivity index (χ3v) is 4.76. The first kappa shape index (κ1) is 20.5. The summed E-state index contributed by atoms with van der Waals surface area (Å²) < 4.78 is 7.19. The molecule has 29 heavy (non-hydrogen) atoms. The van der Waals surface area contributed by atoms with E-state index in [2.05, 4.69) is 29.0 Å². The fourth-order valence-electron chi connectivity index (χ4n) is 3.03. The third kappa shape index (κ3) is 5.20. The maximum atomic E-state index is 12.5. The summed E-state index contributed by atoms with van der Waals surface area (Å²) in [6.45, 7) is 8.98. The number of anilines is 1. The second kappa shape index (κ2) is 9.34. The number of aryl methyl sites for hydroxylation is 1. The highest BCUT2D eigenvalue weighted by atomic mass is 16.5. The molecule has 2 heterocycles. The van der Waals surface area contributed by atoms with Gasteiger partial charge in [0.2, 0.25) is 0 Å². The number of esters is 1. The Morgan fingerprint density at radius 2 is 1.83 bits per heavy atom. The highest BCUT2D eigenvalue weighted by Crippen LogP contribution is 2.14. The second-order valence-corrected chi connectivity index (χ2v) is 6.76. The number of imidazole rings is 1. The van der Waals surface area contributed by atoms with Gasteiger partial charge < -0.3 is 19.4 Å². The van der Waals surface area contributed by atoms with Crippen LogP contribution in [0.15, 0.2) is 48.8 Å². The molecule has 3 rings (SSSR count). The number of aromatic nitrogens is 2. The standard InChI is InChI=1S/C22H26N4O3/c1-4-25(5-2)12-13-29-22(28)17-6-8-19(9-7-17)24-21(27)18-10-11-26-15-16(3)23-20(26)14-18/h6-11,14-15H,4-5,12-13H2,1-3H3,(H,24,27). The lowest BCUT2D eigenvalue weighted by Crippen LogP contribution is -2.27. The van der Waals surface area contributed by atoms with Crippen molar-refractivity contribution in [2.75, 3.05) is 31.6 Å². The van der Waals surface area contributed by atoms with E-state index in [0.29, 0.717) is 30.0 Å². The molecule has 0 saturated carbocycles. The molecule has 2 aromatic heterocycles. The Morgan fingerprint density at radius 1 is 1.10 bits per heavy atom. The number of amides is 1. The van der Waals surface area contributed by atoms with Gasteiger partial charge in [0.05, 0.1) is 11.3 Å². The monoisotopic (exact) mass is 394 g/mol. The number of rotatable bonds is 8. The molecule has 0 atom stereocenters. The van der Waals surface area contributed by atoms with Crippen LogP contribution in [0.3, 0.4) is 0 Å². The van der Waals surface area contributed by atoms with Crippen LogP contribution in [0.1, 0.15) is 40.3 Å². The number of pyridine rings is 1. The van der Waals surface area contributed by atoms with Gasteiger partial charge in [-0.2, -0.15) is 0 Å². The summed E-state index contributed by atoms with van der Waals surface area (Å²) in [7, 11) is 0. The second-order valence-electron chi connectivity index (χ2n) is 6.76. The van der Waals surface area contributed by atoms with Crippen molar-refractivity contribution in [3.05, 3.63) is 65.6 Å². The average Bonchev–Trinajstić information content (AvgIpc) is 3.10. The fraction of sp³-hybridized carbons (Fsp3) is 0.318. The maximum Gasteiger partial charge on any atom is 0.338 e. The van der Waals surface area contributed by atoms with E-state index in [1.807, 2.05) is 23.7 Å². The lowest BCUT2D eigenvalue weighted by molar-refractivity contribution is 0.0466. The van der Waals surface area contributed by atoms with E-state index < -0.39 is 0 Å². The average molecular weight is 394 g/mol. The number of carbonyl (C=O) groups is 2. The third-order valence-electron chi connectivity index (χ3n) is 4.76. The van der Waals surface area contributed by atoms with Gasteiger partial charge in [-0.05, 0) is 56.4 Å². The molecule has 0 spiro atoms. The van der Waals surface area contributed by atoms with E-state index in [1.165, 1.54) is 0 Å². The van der Waals surface area contributed by atoms with Crippen LogP contribution in [0.4, 0.5) is 5.69 Å². The minimum absolute atomic E-state index is 0.234. The summed E-state index contributed by atoms with van der Waals surface area (Å²) in [5.41, 5.74) is 3.19. The number of hydrogen-bond donors (Lipinski definition) is 1. The molecule has 0 aliphatic carbocycles. The molecule has 1 amide bonds. The molecule has 3 aromatic rings. The number of likely N-dealkylation sites (N-methyl/N-ethyl adjacent to an activating group) is 1. The van der Waals surface area contributed by atoms with E-state index in [9.17, 15) is 9.59 Å². The van der Waals surface area contributed by atoms with Crippen molar-refractivity contribution in [3.63, 3.8) is 0 Å². The largest absolute Gasteiger partial charge is 0.461 e. The zero-order valence-corrected chi connectivity index (χ0v) is 17.0. The van der Waals surface area contributed by atoms with E-state index >= 15 is 0 Å². The minimum atomic E-state index is -0.366. The predicted octanol–water partition coefficient (Wildman–Crippen LogP) is 3.39. The van der Waals surface area contributed by atoms with Crippen LogP contribution in [-0.2, 0) is 4.74 Å². The van der Waals surface area contributed by atoms with Gasteiger partial charge in [0.25, 0.3) is 5.91 Å². The number of nitrogens with one attached hydrogen (secondary N) is 1. The first-order valence-electron chi connectivity index (χ1n) is 9.76. The van der Waals surface area contributed by atoms with Crippen molar-refractivity contribution in [2.45, 2.75) is 20.8 Å². The smallest absolute Gasteiger partial charge is 0.338 e. The van der Waals surface area contributed by atoms with Gasteiger partial charge in [0, 0.05) is 30.2 Å². The molecule has 152 valence electrons. The molecule has 1 N–H and O–H groups in total. The number of ether oxygens (including phenoxy) is 1. The molecule has 1 aromatic carbocycles. The van der Waals surface area contributed by atoms with Crippen LogP contribution < -0.4 is 5.32 Å². The molecule has 0 saturated heterocycles. The van der Waals surface area contributed by atoms with Crippen molar-refractivity contribution in [2.24, 2.45) is 0 Å². The molecule has 7 heteroatoms. The molecule has 0 aliphatic heterocycles. The van der Waals surface area contributed by atoms with Gasteiger partial charge in [-0.3, -0.25) is 4.79 Å². The molecule has 0 unspecified atom stereocenters. The lowest BCUT2D eigenvalue weighted by atomic mass is 10.2. The van der Waals surface area contributed by atoms with Crippen molar-refractivity contribution in [3.8, 4) is 0 Å². The van der Waals surface area contributed by atoms with Gasteiger partial charge >= 0.3 is 5.97 Å². The van der Waals surface area contributed by atoms with Crippen LogP contribution in [0.2, 0.25) is 0 Å². The SMILES string of the molecule is CCN(CC)CCOC(=O)c1ccc(NC(=O)c2ccn3cc(C)nc3c2)cc1. The number of nitrogens with zero attached hydrogens (tertiary/aromatic N) is 3. The van der Waals surface area contributed by atoms with Crippen LogP contribution in [0, 0.1) is 6.92 Å². The number of benzene rings is 1. The molecular weight excluding hydrogens is 368 g/mol. The first-order valence-corrected chi connectivity index (χ1v) is 9.76. The summed E-state index contributed by atoms with van der Waals surface area (Å²) in [5, 5.41) is 2.83. The summed E-state index contributed by atoms with van der Waals surface area (Å²) in [5.74, 6) is -0.599. The Morgan fingerprint density at radius 3 is 2.52 bits per heavy atom. The van der Waals surface area contributed by atoms with Gasteiger partial charge in [0.1, 0.15) is 12.3 Å². The Kier molecular flexibility index (Phi) is 6.61. The summed E-state index contributed by atoms with van der Waals surface area (Å²) in [4.78, 5) is 31.2. The van der Waals surface area contributed by atoms with Crippen LogP contribution in [0.25, 0.3) is 5.65 Å². The maximum absolute atomic E-state index is 12.5.